The molecule has 3 rings (SSSR count). The number of aromatic amines is 1. The summed E-state index contributed by atoms with van der Waals surface area (Å²) in [5.74, 6) is 1.62. The van der Waals surface area contributed by atoms with Gasteiger partial charge in [-0.25, -0.2) is 4.98 Å². The third kappa shape index (κ3) is 4.68. The molecule has 1 aromatic carbocycles. The molecule has 1 aromatic heterocycles. The zero-order valence-corrected chi connectivity index (χ0v) is 15.3. The highest BCUT2D eigenvalue weighted by Gasteiger charge is 2.29. The van der Waals surface area contributed by atoms with Gasteiger partial charge in [-0.05, 0) is 25.3 Å². The second-order valence-corrected chi connectivity index (χ2v) is 6.71. The molecule has 1 unspecified atom stereocenters. The molecular weight excluding hydrogens is 330 g/mol. The minimum absolute atomic E-state index is 0.0160. The number of hydrogen-bond acceptors (Lipinski definition) is 5. The van der Waals surface area contributed by atoms with Gasteiger partial charge in [0.15, 0.2) is 5.82 Å². The number of nitrogens with one attached hydrogen (secondary N) is 1. The molecule has 1 aliphatic heterocycles. The summed E-state index contributed by atoms with van der Waals surface area (Å²) >= 11 is 0. The van der Waals surface area contributed by atoms with Crippen molar-refractivity contribution in [2.24, 2.45) is 0 Å². The van der Waals surface area contributed by atoms with Crippen molar-refractivity contribution in [2.45, 2.75) is 32.2 Å². The fraction of sp³-hybridized carbons (Fsp3) is 0.526. The van der Waals surface area contributed by atoms with Gasteiger partial charge in [-0.15, -0.1) is 0 Å². The van der Waals surface area contributed by atoms with E-state index in [0.717, 1.165) is 37.6 Å². The summed E-state index contributed by atoms with van der Waals surface area (Å²) in [6.07, 6.45) is 1.93. The molecule has 2 heterocycles. The minimum Gasteiger partial charge on any atom is -0.396 e. The normalized spacial score (nSPS) is 18.7. The Morgan fingerprint density at radius 3 is 2.77 bits per heavy atom. The Kier molecular flexibility index (Phi) is 6.35. The molecule has 1 saturated heterocycles. The van der Waals surface area contributed by atoms with Crippen LogP contribution < -0.4 is 0 Å². The van der Waals surface area contributed by atoms with E-state index in [1.807, 2.05) is 17.9 Å². The van der Waals surface area contributed by atoms with Crippen LogP contribution in [-0.4, -0.2) is 68.8 Å². The second kappa shape index (κ2) is 8.91. The number of H-pyrrole nitrogens is 1. The molecule has 7 heteroatoms. The molecule has 26 heavy (non-hydrogen) atoms. The quantitative estimate of drug-likeness (QED) is 0.814. The predicted octanol–water partition coefficient (Wildman–Crippen LogP) is 1.31. The topological polar surface area (TPSA) is 85.3 Å². The van der Waals surface area contributed by atoms with Crippen molar-refractivity contribution >= 4 is 5.91 Å². The fourth-order valence-electron chi connectivity index (χ4n) is 3.47. The van der Waals surface area contributed by atoms with Crippen LogP contribution in [0.25, 0.3) is 0 Å². The Hall–Kier alpha value is -2.25. The van der Waals surface area contributed by atoms with E-state index in [4.69, 9.17) is 5.11 Å². The molecule has 0 saturated carbocycles. The summed E-state index contributed by atoms with van der Waals surface area (Å²) < 4.78 is 0. The van der Waals surface area contributed by atoms with E-state index in [0.29, 0.717) is 13.1 Å². The maximum absolute atomic E-state index is 12.2. The van der Waals surface area contributed by atoms with E-state index in [9.17, 15) is 4.79 Å². The standard InChI is InChI=1S/C19H27N5O2/c1-15-20-19(22-21-15)17-8-11-24(18(26)9-14-25)13-12-23(17)10-7-16-5-3-2-4-6-16/h2-6,17,25H,7-14H2,1H3,(H,20,21,22). The van der Waals surface area contributed by atoms with Crippen LogP contribution in [0.1, 0.15) is 36.1 Å². The number of benzene rings is 1. The minimum atomic E-state index is -0.101. The Labute approximate surface area is 154 Å². The average Bonchev–Trinajstić information content (AvgIpc) is 2.96. The first-order chi connectivity index (χ1) is 12.7. The van der Waals surface area contributed by atoms with Gasteiger partial charge in [0.25, 0.3) is 0 Å². The molecule has 1 aliphatic rings. The van der Waals surface area contributed by atoms with Crippen LogP contribution in [0.3, 0.4) is 0 Å². The lowest BCUT2D eigenvalue weighted by Crippen LogP contribution is -2.36. The van der Waals surface area contributed by atoms with Crippen molar-refractivity contribution in [1.29, 1.82) is 0 Å². The highest BCUT2D eigenvalue weighted by molar-refractivity contribution is 5.76. The van der Waals surface area contributed by atoms with E-state index >= 15 is 0 Å². The number of aryl methyl sites for hydroxylation is 1. The fourth-order valence-corrected chi connectivity index (χ4v) is 3.47. The zero-order chi connectivity index (χ0) is 18.4. The van der Waals surface area contributed by atoms with Gasteiger partial charge >= 0.3 is 0 Å². The summed E-state index contributed by atoms with van der Waals surface area (Å²) in [4.78, 5) is 21.0. The third-order valence-electron chi connectivity index (χ3n) is 4.89. The maximum atomic E-state index is 12.2. The summed E-state index contributed by atoms with van der Waals surface area (Å²) in [7, 11) is 0. The number of aromatic nitrogens is 3. The Morgan fingerprint density at radius 1 is 1.27 bits per heavy atom. The first-order valence-electron chi connectivity index (χ1n) is 9.23. The molecule has 7 nitrogen and oxygen atoms in total. The number of nitrogens with zero attached hydrogens (tertiary/aromatic N) is 4. The third-order valence-corrected chi connectivity index (χ3v) is 4.89. The predicted molar refractivity (Wildman–Crippen MR) is 98.5 cm³/mol. The molecule has 2 N–H and O–H groups in total. The molecular formula is C19H27N5O2. The lowest BCUT2D eigenvalue weighted by atomic mass is 10.1. The molecule has 2 aromatic rings. The summed E-state index contributed by atoms with van der Waals surface area (Å²) in [5.41, 5.74) is 1.30. The SMILES string of the molecule is Cc1nc(C2CCN(C(=O)CCO)CCN2CCc2ccccc2)n[nH]1. The monoisotopic (exact) mass is 357 g/mol. The molecule has 1 fully saturated rings. The number of rotatable bonds is 6. The lowest BCUT2D eigenvalue weighted by Gasteiger charge is -2.27. The van der Waals surface area contributed by atoms with Crippen LogP contribution in [0.15, 0.2) is 30.3 Å². The molecule has 0 radical (unpaired) electrons. The van der Waals surface area contributed by atoms with E-state index in [2.05, 4.69) is 44.3 Å². The molecule has 1 atom stereocenters. The Balaban J connectivity index is 1.72. The van der Waals surface area contributed by atoms with Gasteiger partial charge in [0, 0.05) is 32.6 Å². The van der Waals surface area contributed by atoms with Gasteiger partial charge in [-0.1, -0.05) is 30.3 Å². The van der Waals surface area contributed by atoms with Crippen molar-refractivity contribution in [3.8, 4) is 0 Å². The van der Waals surface area contributed by atoms with Crippen LogP contribution in [0, 0.1) is 6.92 Å². The zero-order valence-electron chi connectivity index (χ0n) is 15.3. The molecule has 0 aliphatic carbocycles. The van der Waals surface area contributed by atoms with Gasteiger partial charge in [-0.2, -0.15) is 5.10 Å². The van der Waals surface area contributed by atoms with Crippen molar-refractivity contribution in [3.05, 3.63) is 47.5 Å². The van der Waals surface area contributed by atoms with Crippen LogP contribution in [0.2, 0.25) is 0 Å². The Bertz CT molecular complexity index is 703. The summed E-state index contributed by atoms with van der Waals surface area (Å²) in [6.45, 7) is 4.81. The second-order valence-electron chi connectivity index (χ2n) is 6.71. The van der Waals surface area contributed by atoms with Crippen LogP contribution in [0.5, 0.6) is 0 Å². The van der Waals surface area contributed by atoms with E-state index in [1.165, 1.54) is 5.56 Å². The van der Waals surface area contributed by atoms with E-state index < -0.39 is 0 Å². The van der Waals surface area contributed by atoms with Gasteiger partial charge in [0.1, 0.15) is 5.82 Å². The smallest absolute Gasteiger partial charge is 0.224 e. The first kappa shape index (κ1) is 18.5. The number of amides is 1. The van der Waals surface area contributed by atoms with Crippen LogP contribution in [0.4, 0.5) is 0 Å². The number of carbonyl (C=O) groups is 1. The van der Waals surface area contributed by atoms with Crippen molar-refractivity contribution in [3.63, 3.8) is 0 Å². The maximum Gasteiger partial charge on any atom is 0.224 e. The van der Waals surface area contributed by atoms with Crippen molar-refractivity contribution < 1.29 is 9.90 Å². The number of aliphatic hydroxyl groups excluding tert-OH is 1. The largest absolute Gasteiger partial charge is 0.396 e. The lowest BCUT2D eigenvalue weighted by molar-refractivity contribution is -0.131. The average molecular weight is 357 g/mol. The molecule has 0 bridgehead atoms. The first-order valence-corrected chi connectivity index (χ1v) is 9.23. The van der Waals surface area contributed by atoms with Gasteiger partial charge in [-0.3, -0.25) is 14.8 Å². The van der Waals surface area contributed by atoms with E-state index in [1.54, 1.807) is 0 Å². The van der Waals surface area contributed by atoms with Crippen LogP contribution in [-0.2, 0) is 11.2 Å². The van der Waals surface area contributed by atoms with Gasteiger partial charge in [0.2, 0.25) is 5.91 Å². The Morgan fingerprint density at radius 2 is 2.08 bits per heavy atom. The highest BCUT2D eigenvalue weighted by atomic mass is 16.3. The molecule has 1 amide bonds. The molecule has 140 valence electrons. The van der Waals surface area contributed by atoms with Gasteiger partial charge < -0.3 is 10.0 Å². The van der Waals surface area contributed by atoms with Gasteiger partial charge in [0.05, 0.1) is 12.6 Å². The number of aliphatic hydroxyl groups is 1. The highest BCUT2D eigenvalue weighted by Crippen LogP contribution is 2.25. The van der Waals surface area contributed by atoms with E-state index in [-0.39, 0.29) is 25.0 Å². The summed E-state index contributed by atoms with van der Waals surface area (Å²) in [6, 6.07) is 10.5. The summed E-state index contributed by atoms with van der Waals surface area (Å²) in [5, 5.41) is 16.4. The van der Waals surface area contributed by atoms with Crippen molar-refractivity contribution in [1.82, 2.24) is 25.0 Å². The number of carbonyl (C=O) groups excluding carboxylic acids is 1. The molecule has 0 spiro atoms. The number of hydrogen-bond donors (Lipinski definition) is 2. The van der Waals surface area contributed by atoms with Crippen LogP contribution >= 0.6 is 0 Å². The van der Waals surface area contributed by atoms with Crippen molar-refractivity contribution in [2.75, 3.05) is 32.8 Å².